The third kappa shape index (κ3) is 2.07. The number of pyridine rings is 1. The molecular formula is C14H14N8S2. The highest BCUT2D eigenvalue weighted by Gasteiger charge is 2.21. The van der Waals surface area contributed by atoms with E-state index in [-0.39, 0.29) is 5.82 Å². The van der Waals surface area contributed by atoms with E-state index in [0.29, 0.717) is 22.8 Å². The van der Waals surface area contributed by atoms with Gasteiger partial charge in [-0.3, -0.25) is 4.40 Å². The number of imidazole rings is 1. The van der Waals surface area contributed by atoms with Gasteiger partial charge >= 0.3 is 0 Å². The molecule has 0 atom stereocenters. The SMILES string of the molecule is CSc1c(-c2nc3ncc(N)cc3s2)nc2nc(N)c(N)c(C)n12. The number of nitrogen functional groups attached to an aromatic ring is 3. The lowest BCUT2D eigenvalue weighted by Crippen LogP contribution is -2.06. The number of hydrogen-bond acceptors (Lipinski definition) is 9. The summed E-state index contributed by atoms with van der Waals surface area (Å²) < 4.78 is 2.82. The first-order valence-corrected chi connectivity index (χ1v) is 9.04. The lowest BCUT2D eigenvalue weighted by molar-refractivity contribution is 0.968. The van der Waals surface area contributed by atoms with Gasteiger partial charge in [0, 0.05) is 0 Å². The first-order chi connectivity index (χ1) is 11.5. The highest BCUT2D eigenvalue weighted by Crippen LogP contribution is 2.37. The molecule has 0 fully saturated rings. The zero-order valence-electron chi connectivity index (χ0n) is 12.9. The number of nitrogens with zero attached hydrogens (tertiary/aromatic N) is 5. The molecule has 0 radical (unpaired) electrons. The summed E-state index contributed by atoms with van der Waals surface area (Å²) in [6, 6.07) is 1.86. The smallest absolute Gasteiger partial charge is 0.237 e. The van der Waals surface area contributed by atoms with Gasteiger partial charge in [-0.1, -0.05) is 0 Å². The van der Waals surface area contributed by atoms with Crippen LogP contribution in [-0.2, 0) is 0 Å². The van der Waals surface area contributed by atoms with Crippen molar-refractivity contribution in [3.63, 3.8) is 0 Å². The zero-order chi connectivity index (χ0) is 17.0. The molecule has 0 saturated heterocycles. The summed E-state index contributed by atoms with van der Waals surface area (Å²) in [5.74, 6) is 0.785. The van der Waals surface area contributed by atoms with Crippen molar-refractivity contribution in [1.29, 1.82) is 0 Å². The van der Waals surface area contributed by atoms with Crippen molar-refractivity contribution >= 4 is 56.4 Å². The Bertz CT molecular complexity index is 1100. The van der Waals surface area contributed by atoms with E-state index in [1.807, 2.05) is 23.6 Å². The minimum absolute atomic E-state index is 0.281. The Hall–Kier alpha value is -2.59. The summed E-state index contributed by atoms with van der Waals surface area (Å²) in [4.78, 5) is 17.7. The number of rotatable bonds is 2. The van der Waals surface area contributed by atoms with Gasteiger partial charge in [-0.25, -0.2) is 15.0 Å². The van der Waals surface area contributed by atoms with E-state index in [2.05, 4.69) is 19.9 Å². The van der Waals surface area contributed by atoms with Crippen molar-refractivity contribution in [2.75, 3.05) is 23.5 Å². The number of aromatic nitrogens is 5. The Labute approximate surface area is 145 Å². The first kappa shape index (κ1) is 15.0. The Morgan fingerprint density at radius 3 is 2.71 bits per heavy atom. The number of thioether (sulfide) groups is 1. The van der Waals surface area contributed by atoms with Gasteiger partial charge in [0.15, 0.2) is 11.5 Å². The molecule has 4 heterocycles. The third-order valence-corrected chi connectivity index (χ3v) is 5.46. The highest BCUT2D eigenvalue weighted by atomic mass is 32.2. The molecule has 24 heavy (non-hydrogen) atoms. The highest BCUT2D eigenvalue weighted by molar-refractivity contribution is 7.98. The molecule has 0 aliphatic carbocycles. The standard InChI is InChI=1S/C14H14N8S2/c1-5-8(16)10(17)20-14-19-9(13(23-2)22(5)14)12-21-11-7(24-12)3-6(15)4-18-11/h3-4H,15-16H2,1-2H3,(H2,17,19,20). The molecule has 0 aliphatic heterocycles. The molecule has 0 bridgehead atoms. The summed E-state index contributed by atoms with van der Waals surface area (Å²) in [6.07, 6.45) is 3.57. The predicted molar refractivity (Wildman–Crippen MR) is 99.2 cm³/mol. The van der Waals surface area contributed by atoms with Crippen molar-refractivity contribution in [3.05, 3.63) is 18.0 Å². The van der Waals surface area contributed by atoms with Gasteiger partial charge in [0.25, 0.3) is 0 Å². The Kier molecular flexibility index (Phi) is 3.25. The van der Waals surface area contributed by atoms with Crippen LogP contribution in [0.4, 0.5) is 17.2 Å². The fourth-order valence-electron chi connectivity index (χ4n) is 2.51. The van der Waals surface area contributed by atoms with E-state index < -0.39 is 0 Å². The number of aryl methyl sites for hydroxylation is 1. The van der Waals surface area contributed by atoms with Gasteiger partial charge < -0.3 is 17.2 Å². The lowest BCUT2D eigenvalue weighted by Gasteiger charge is -2.08. The Morgan fingerprint density at radius 2 is 1.96 bits per heavy atom. The molecule has 0 aliphatic rings. The molecule has 0 saturated carbocycles. The number of hydrogen-bond donors (Lipinski definition) is 3. The van der Waals surface area contributed by atoms with Crippen LogP contribution in [-0.4, -0.2) is 30.6 Å². The normalized spacial score (nSPS) is 11.6. The van der Waals surface area contributed by atoms with Crippen LogP contribution in [0.3, 0.4) is 0 Å². The van der Waals surface area contributed by atoms with Crippen molar-refractivity contribution < 1.29 is 0 Å². The number of thiazole rings is 1. The third-order valence-electron chi connectivity index (χ3n) is 3.70. The second kappa shape index (κ2) is 5.21. The summed E-state index contributed by atoms with van der Waals surface area (Å²) in [5, 5.41) is 1.67. The summed E-state index contributed by atoms with van der Waals surface area (Å²) in [5.41, 5.74) is 20.9. The second-order valence-electron chi connectivity index (χ2n) is 5.21. The van der Waals surface area contributed by atoms with Gasteiger partial charge in [-0.15, -0.1) is 23.1 Å². The summed E-state index contributed by atoms with van der Waals surface area (Å²) >= 11 is 3.04. The first-order valence-electron chi connectivity index (χ1n) is 7.00. The maximum absolute atomic E-state index is 6.02. The van der Waals surface area contributed by atoms with Crippen LogP contribution in [0.5, 0.6) is 0 Å². The van der Waals surface area contributed by atoms with Gasteiger partial charge in [-0.2, -0.15) is 4.98 Å². The van der Waals surface area contributed by atoms with Gasteiger partial charge in [0.1, 0.15) is 15.7 Å². The Balaban J connectivity index is 2.03. The van der Waals surface area contributed by atoms with Gasteiger partial charge in [0.2, 0.25) is 5.78 Å². The van der Waals surface area contributed by atoms with Crippen molar-refractivity contribution in [2.24, 2.45) is 0 Å². The van der Waals surface area contributed by atoms with Crippen LogP contribution in [0.1, 0.15) is 5.69 Å². The summed E-state index contributed by atoms with van der Waals surface area (Å²) in [6.45, 7) is 1.89. The topological polar surface area (TPSA) is 134 Å². The average Bonchev–Trinajstić information content (AvgIpc) is 3.12. The fraction of sp³-hybridized carbons (Fsp3) is 0.143. The van der Waals surface area contributed by atoms with E-state index in [0.717, 1.165) is 26.1 Å². The number of nitrogens with two attached hydrogens (primary N) is 3. The molecule has 4 aromatic rings. The lowest BCUT2D eigenvalue weighted by atomic mass is 10.3. The average molecular weight is 358 g/mol. The van der Waals surface area contributed by atoms with E-state index in [1.165, 1.54) is 11.3 Å². The maximum Gasteiger partial charge on any atom is 0.237 e. The van der Waals surface area contributed by atoms with E-state index >= 15 is 0 Å². The molecule has 8 nitrogen and oxygen atoms in total. The zero-order valence-corrected chi connectivity index (χ0v) is 14.6. The van der Waals surface area contributed by atoms with Crippen LogP contribution < -0.4 is 17.2 Å². The molecule has 6 N–H and O–H groups in total. The quantitative estimate of drug-likeness (QED) is 0.464. The molecule has 122 valence electrons. The van der Waals surface area contributed by atoms with Crippen molar-refractivity contribution in [1.82, 2.24) is 24.3 Å². The minimum Gasteiger partial charge on any atom is -0.397 e. The molecule has 0 amide bonds. The van der Waals surface area contributed by atoms with Crippen LogP contribution >= 0.6 is 23.1 Å². The number of fused-ring (bicyclic) bond motifs is 2. The number of anilines is 3. The van der Waals surface area contributed by atoms with E-state index in [4.69, 9.17) is 17.2 Å². The van der Waals surface area contributed by atoms with E-state index in [1.54, 1.807) is 18.0 Å². The monoisotopic (exact) mass is 358 g/mol. The molecule has 4 aromatic heterocycles. The molecule has 10 heteroatoms. The van der Waals surface area contributed by atoms with E-state index in [9.17, 15) is 0 Å². The van der Waals surface area contributed by atoms with Gasteiger partial charge in [0.05, 0.1) is 28.0 Å². The maximum atomic E-state index is 6.02. The molecule has 0 aromatic carbocycles. The largest absolute Gasteiger partial charge is 0.397 e. The molecular weight excluding hydrogens is 344 g/mol. The summed E-state index contributed by atoms with van der Waals surface area (Å²) in [7, 11) is 0. The minimum atomic E-state index is 0.281. The molecule has 0 unspecified atom stereocenters. The van der Waals surface area contributed by atoms with Crippen LogP contribution in [0.15, 0.2) is 17.3 Å². The van der Waals surface area contributed by atoms with Crippen LogP contribution in [0.25, 0.3) is 26.8 Å². The van der Waals surface area contributed by atoms with Gasteiger partial charge in [-0.05, 0) is 19.2 Å². The van der Waals surface area contributed by atoms with Crippen LogP contribution in [0, 0.1) is 6.92 Å². The van der Waals surface area contributed by atoms with Crippen molar-refractivity contribution in [3.8, 4) is 10.7 Å². The second-order valence-corrected chi connectivity index (χ2v) is 7.04. The molecule has 4 rings (SSSR count). The predicted octanol–water partition coefficient (Wildman–Crippen LogP) is 2.18. The molecule has 0 spiro atoms. The fourth-order valence-corrected chi connectivity index (χ4v) is 4.27. The van der Waals surface area contributed by atoms with Crippen LogP contribution in [0.2, 0.25) is 0 Å². The Morgan fingerprint density at radius 1 is 1.17 bits per heavy atom. The van der Waals surface area contributed by atoms with Crippen molar-refractivity contribution in [2.45, 2.75) is 11.9 Å².